The number of alkyl halides is 3. The fraction of sp³-hybridized carbons (Fsp3) is 0.314. The number of imide groups is 2. The zero-order valence-electron chi connectivity index (χ0n) is 26.5. The van der Waals surface area contributed by atoms with Gasteiger partial charge in [0, 0.05) is 29.2 Å². The van der Waals surface area contributed by atoms with Gasteiger partial charge in [-0.05, 0) is 48.6 Å². The number of benzene rings is 2. The number of nitrogens with zero attached hydrogens (tertiary/aromatic N) is 3. The lowest BCUT2D eigenvalue weighted by Gasteiger charge is -2.50. The Labute approximate surface area is 301 Å². The number of hydrazine groups is 1. The zero-order valence-corrected chi connectivity index (χ0v) is 28.0. The largest absolute Gasteiger partial charge is 0.505 e. The number of pyridine rings is 1. The molecule has 17 heteroatoms. The first-order valence-electron chi connectivity index (χ1n) is 16.0. The number of carboxylic acids is 1. The lowest BCUT2D eigenvalue weighted by Crippen LogP contribution is -2.53. The molecule has 1 saturated carbocycles. The van der Waals surface area contributed by atoms with Crippen molar-refractivity contribution in [3.63, 3.8) is 0 Å². The average Bonchev–Trinajstić information content (AvgIpc) is 3.46. The first kappa shape index (κ1) is 35.4. The number of halogens is 6. The molecule has 4 amide bonds. The summed E-state index contributed by atoms with van der Waals surface area (Å²) in [4.78, 5) is 73.0. The van der Waals surface area contributed by atoms with Crippen molar-refractivity contribution in [2.24, 2.45) is 23.7 Å². The van der Waals surface area contributed by atoms with Crippen molar-refractivity contribution in [3.8, 4) is 5.75 Å². The zero-order chi connectivity index (χ0) is 37.4. The molecule has 6 unspecified atom stereocenters. The normalized spacial score (nSPS) is 27.0. The molecule has 1 aromatic heterocycles. The maximum atomic E-state index is 15.2. The molecular weight excluding hydrogens is 735 g/mol. The Morgan fingerprint density at radius 3 is 2.38 bits per heavy atom. The number of hydrogen-bond acceptors (Lipinski definition) is 8. The van der Waals surface area contributed by atoms with Crippen molar-refractivity contribution in [1.29, 1.82) is 0 Å². The van der Waals surface area contributed by atoms with Crippen LogP contribution >= 0.6 is 23.2 Å². The standard InChI is InChI=1S/C35H26Cl2F4N4O7/c36-17-6-4-15(5-7-17)34-22(31(50)45(33(34)52)43-29-23(37)12-16(14-42-29)35(39,40)41)13-21-18(27(34)20-2-1-3-24(38)28(20)48)8-9-19-26(21)32(51)44(30(19)49)11-10-25(46)47/h1-8,12,14,19,21-22,26-27,48H,9-11,13H2,(H,42,43)(H,46,47). The molecule has 2 aliphatic heterocycles. The van der Waals surface area contributed by atoms with Gasteiger partial charge in [0.25, 0.3) is 11.8 Å². The number of hydrogen-bond donors (Lipinski definition) is 3. The molecule has 270 valence electrons. The summed E-state index contributed by atoms with van der Waals surface area (Å²) in [6.45, 7) is -0.385. The van der Waals surface area contributed by atoms with E-state index in [2.05, 4.69) is 10.4 Å². The number of allylic oxidation sites excluding steroid dienone is 2. The van der Waals surface area contributed by atoms with E-state index >= 15 is 9.18 Å². The lowest BCUT2D eigenvalue weighted by molar-refractivity contribution is -0.143. The van der Waals surface area contributed by atoms with Crippen LogP contribution in [0.15, 0.2) is 66.4 Å². The van der Waals surface area contributed by atoms with E-state index in [-0.39, 0.29) is 35.5 Å². The molecular formula is C35H26Cl2F4N4O7. The average molecular weight is 762 g/mol. The fourth-order valence-electron chi connectivity index (χ4n) is 8.39. The fourth-order valence-corrected chi connectivity index (χ4v) is 8.72. The maximum Gasteiger partial charge on any atom is 0.417 e. The Bertz CT molecular complexity index is 2100. The minimum absolute atomic E-state index is 0.0201. The summed E-state index contributed by atoms with van der Waals surface area (Å²) in [5.74, 6) is -12.3. The molecule has 0 radical (unpaired) electrons. The van der Waals surface area contributed by atoms with Crippen molar-refractivity contribution in [2.75, 3.05) is 12.0 Å². The number of aliphatic carboxylic acids is 1. The van der Waals surface area contributed by atoms with Crippen LogP contribution in [0, 0.1) is 29.5 Å². The number of nitrogens with one attached hydrogen (secondary N) is 1. The van der Waals surface area contributed by atoms with Gasteiger partial charge in [-0.2, -0.15) is 18.2 Å². The molecule has 3 aromatic rings. The molecule has 52 heavy (non-hydrogen) atoms. The quantitative estimate of drug-likeness (QED) is 0.156. The van der Waals surface area contributed by atoms with Crippen LogP contribution in [0.4, 0.5) is 23.4 Å². The van der Waals surface area contributed by atoms with E-state index in [9.17, 15) is 42.6 Å². The van der Waals surface area contributed by atoms with E-state index < -0.39 is 105 Å². The summed E-state index contributed by atoms with van der Waals surface area (Å²) >= 11 is 12.4. The molecule has 4 aliphatic rings. The van der Waals surface area contributed by atoms with E-state index in [0.717, 1.165) is 11.0 Å². The summed E-state index contributed by atoms with van der Waals surface area (Å²) in [7, 11) is 0. The number of carbonyl (C=O) groups excluding carboxylic acids is 4. The number of amides is 4. The third kappa shape index (κ3) is 5.31. The Morgan fingerprint density at radius 2 is 1.73 bits per heavy atom. The van der Waals surface area contributed by atoms with Gasteiger partial charge < -0.3 is 10.2 Å². The highest BCUT2D eigenvalue weighted by Crippen LogP contribution is 2.65. The van der Waals surface area contributed by atoms with Gasteiger partial charge in [-0.1, -0.05) is 59.1 Å². The molecule has 0 bridgehead atoms. The third-order valence-electron chi connectivity index (χ3n) is 10.5. The van der Waals surface area contributed by atoms with E-state index in [1.54, 1.807) is 6.08 Å². The van der Waals surface area contributed by atoms with Crippen molar-refractivity contribution < 1.29 is 51.7 Å². The summed E-state index contributed by atoms with van der Waals surface area (Å²) < 4.78 is 55.3. The van der Waals surface area contributed by atoms with Gasteiger partial charge in [0.05, 0.1) is 40.2 Å². The molecule has 3 fully saturated rings. The van der Waals surface area contributed by atoms with E-state index in [4.69, 9.17) is 23.2 Å². The maximum absolute atomic E-state index is 15.2. The highest BCUT2D eigenvalue weighted by molar-refractivity contribution is 6.33. The van der Waals surface area contributed by atoms with Crippen LogP contribution < -0.4 is 5.43 Å². The summed E-state index contributed by atoms with van der Waals surface area (Å²) in [6, 6.07) is 10.1. The van der Waals surface area contributed by atoms with E-state index in [1.807, 2.05) is 0 Å². The van der Waals surface area contributed by atoms with Crippen molar-refractivity contribution >= 4 is 58.6 Å². The number of rotatable bonds is 7. The second kappa shape index (κ2) is 12.6. The molecule has 0 spiro atoms. The van der Waals surface area contributed by atoms with Crippen LogP contribution in [0.25, 0.3) is 0 Å². The van der Waals surface area contributed by atoms with Gasteiger partial charge in [0.15, 0.2) is 17.4 Å². The van der Waals surface area contributed by atoms with E-state index in [1.165, 1.54) is 36.4 Å². The summed E-state index contributed by atoms with van der Waals surface area (Å²) in [5, 5.41) is 20.7. The number of carboxylic acid groups (broad SMARTS) is 1. The lowest BCUT2D eigenvalue weighted by atomic mass is 9.49. The number of aromatic nitrogens is 1. The minimum atomic E-state index is -4.80. The molecule has 2 aliphatic carbocycles. The van der Waals surface area contributed by atoms with Gasteiger partial charge in [-0.15, -0.1) is 0 Å². The summed E-state index contributed by atoms with van der Waals surface area (Å²) in [6.07, 6.45) is -3.43. The van der Waals surface area contributed by atoms with Crippen LogP contribution in [0.1, 0.15) is 41.9 Å². The number of phenolic OH excluding ortho intramolecular Hbond substituents is 1. The molecule has 7 rings (SSSR count). The van der Waals surface area contributed by atoms with Gasteiger partial charge >= 0.3 is 12.1 Å². The molecule has 3 N–H and O–H groups in total. The number of fused-ring (bicyclic) bond motifs is 4. The monoisotopic (exact) mass is 760 g/mol. The highest BCUT2D eigenvalue weighted by Gasteiger charge is 2.70. The van der Waals surface area contributed by atoms with Gasteiger partial charge in [0.1, 0.15) is 0 Å². The first-order chi connectivity index (χ1) is 24.6. The van der Waals surface area contributed by atoms with Crippen molar-refractivity contribution in [1.82, 2.24) is 14.9 Å². The van der Waals surface area contributed by atoms with Gasteiger partial charge in [-0.3, -0.25) is 34.3 Å². The minimum Gasteiger partial charge on any atom is -0.505 e. The SMILES string of the molecule is O=C(O)CCN1C(=O)C2CC=C3C(CC4C(=O)N(Nc5ncc(C(F)(F)F)cc5Cl)C(=O)C4(c4ccc(Cl)cc4)C3c3cccc(F)c3O)C2C1=O. The topological polar surface area (TPSA) is 157 Å². The second-order valence-electron chi connectivity index (χ2n) is 13.1. The predicted molar refractivity (Wildman–Crippen MR) is 174 cm³/mol. The molecule has 2 aromatic carbocycles. The number of likely N-dealkylation sites (tertiary alicyclic amines) is 1. The first-order valence-corrected chi connectivity index (χ1v) is 16.7. The predicted octanol–water partition coefficient (Wildman–Crippen LogP) is 5.71. The Morgan fingerprint density at radius 1 is 1.02 bits per heavy atom. The number of carbonyl (C=O) groups is 5. The Hall–Kier alpha value is -5.02. The van der Waals surface area contributed by atoms with Crippen LogP contribution in [-0.2, 0) is 35.6 Å². The number of anilines is 1. The molecule has 11 nitrogen and oxygen atoms in total. The Kier molecular flexibility index (Phi) is 8.56. The third-order valence-corrected chi connectivity index (χ3v) is 11.1. The van der Waals surface area contributed by atoms with Crippen LogP contribution in [-0.4, -0.2) is 61.2 Å². The van der Waals surface area contributed by atoms with Crippen LogP contribution in [0.5, 0.6) is 5.75 Å². The van der Waals surface area contributed by atoms with Crippen LogP contribution in [0.2, 0.25) is 10.0 Å². The van der Waals surface area contributed by atoms with Gasteiger partial charge in [0.2, 0.25) is 11.8 Å². The molecule has 2 saturated heterocycles. The second-order valence-corrected chi connectivity index (χ2v) is 13.9. The molecule has 3 heterocycles. The highest BCUT2D eigenvalue weighted by atomic mass is 35.5. The van der Waals surface area contributed by atoms with Crippen molar-refractivity contribution in [2.45, 2.75) is 36.8 Å². The smallest absolute Gasteiger partial charge is 0.417 e. The van der Waals surface area contributed by atoms with Gasteiger partial charge in [-0.25, -0.2) is 9.37 Å². The summed E-state index contributed by atoms with van der Waals surface area (Å²) in [5.41, 5.74) is -0.221. The Balaban J connectivity index is 1.42. The number of para-hydroxylation sites is 1. The number of phenols is 1. The van der Waals surface area contributed by atoms with Crippen molar-refractivity contribution in [3.05, 3.63) is 98.9 Å². The van der Waals surface area contributed by atoms with E-state index in [0.29, 0.717) is 22.8 Å². The van der Waals surface area contributed by atoms with Crippen LogP contribution in [0.3, 0.4) is 0 Å². The number of aromatic hydroxyl groups is 1. The molecule has 6 atom stereocenters.